The molecule has 0 radical (unpaired) electrons. The van der Waals surface area contributed by atoms with Crippen molar-refractivity contribution < 1.29 is 13.9 Å². The number of fused-ring (bicyclic) bond motifs is 1. The summed E-state index contributed by atoms with van der Waals surface area (Å²) in [5.41, 5.74) is 4.27. The zero-order chi connectivity index (χ0) is 17.3. The van der Waals surface area contributed by atoms with Crippen LogP contribution in [0.5, 0.6) is 11.5 Å². The second kappa shape index (κ2) is 6.40. The molecule has 0 aliphatic carbocycles. The first-order chi connectivity index (χ1) is 11.5. The minimum atomic E-state index is -0.397. The Bertz CT molecular complexity index is 930. The molecule has 24 heavy (non-hydrogen) atoms. The summed E-state index contributed by atoms with van der Waals surface area (Å²) in [4.78, 5) is 11.8. The van der Waals surface area contributed by atoms with Crippen molar-refractivity contribution in [1.29, 1.82) is 0 Å². The highest BCUT2D eigenvalue weighted by atomic mass is 16.5. The van der Waals surface area contributed by atoms with Gasteiger partial charge in [0.15, 0.2) is 0 Å². The summed E-state index contributed by atoms with van der Waals surface area (Å²) in [6, 6.07) is 11.1. The van der Waals surface area contributed by atoms with Crippen LogP contribution in [0.15, 0.2) is 45.6 Å². The lowest BCUT2D eigenvalue weighted by Gasteiger charge is -2.14. The molecule has 124 valence electrons. The van der Waals surface area contributed by atoms with Crippen molar-refractivity contribution in [3.63, 3.8) is 0 Å². The molecule has 0 unspecified atom stereocenters. The van der Waals surface area contributed by atoms with Crippen LogP contribution < -0.4 is 15.1 Å². The maximum atomic E-state index is 11.8. The molecular weight excluding hydrogens is 304 g/mol. The van der Waals surface area contributed by atoms with E-state index < -0.39 is 5.63 Å². The van der Waals surface area contributed by atoms with Crippen LogP contribution in [-0.4, -0.2) is 7.11 Å². The summed E-state index contributed by atoms with van der Waals surface area (Å²) in [5.74, 6) is 1.50. The van der Waals surface area contributed by atoms with Gasteiger partial charge in [0.2, 0.25) is 0 Å². The Morgan fingerprint density at radius 3 is 2.38 bits per heavy atom. The Labute approximate surface area is 140 Å². The summed E-state index contributed by atoms with van der Waals surface area (Å²) in [6.07, 6.45) is 0. The number of hydrogen-bond acceptors (Lipinski definition) is 4. The Morgan fingerprint density at radius 1 is 1.00 bits per heavy atom. The van der Waals surface area contributed by atoms with Crippen LogP contribution in [0.1, 0.15) is 22.3 Å². The van der Waals surface area contributed by atoms with Crippen LogP contribution in [-0.2, 0) is 6.61 Å². The van der Waals surface area contributed by atoms with E-state index in [0.717, 1.165) is 27.8 Å². The summed E-state index contributed by atoms with van der Waals surface area (Å²) >= 11 is 0. The van der Waals surface area contributed by atoms with Crippen molar-refractivity contribution >= 4 is 11.0 Å². The summed E-state index contributed by atoms with van der Waals surface area (Å²) < 4.78 is 16.5. The second-order valence-electron chi connectivity index (χ2n) is 5.97. The van der Waals surface area contributed by atoms with Crippen LogP contribution in [0, 0.1) is 20.8 Å². The van der Waals surface area contributed by atoms with Crippen LogP contribution in [0.4, 0.5) is 0 Å². The van der Waals surface area contributed by atoms with Crippen LogP contribution in [0.25, 0.3) is 11.0 Å². The summed E-state index contributed by atoms with van der Waals surface area (Å²) in [6.45, 7) is 6.42. The molecule has 1 heterocycles. The average Bonchev–Trinajstić information content (AvgIpc) is 2.52. The molecule has 0 bridgehead atoms. The van der Waals surface area contributed by atoms with E-state index in [2.05, 4.69) is 19.1 Å². The fraction of sp³-hybridized carbons (Fsp3) is 0.250. The molecule has 0 saturated heterocycles. The van der Waals surface area contributed by atoms with Gasteiger partial charge in [-0.3, -0.25) is 0 Å². The van der Waals surface area contributed by atoms with Gasteiger partial charge in [0.25, 0.3) is 0 Å². The quantitative estimate of drug-likeness (QED) is 0.671. The minimum absolute atomic E-state index is 0.305. The number of methoxy groups -OCH3 is 1. The van der Waals surface area contributed by atoms with E-state index in [9.17, 15) is 4.79 Å². The molecule has 0 fully saturated rings. The van der Waals surface area contributed by atoms with E-state index in [0.29, 0.717) is 17.9 Å². The molecule has 0 saturated carbocycles. The number of hydrogen-bond donors (Lipinski definition) is 0. The first kappa shape index (κ1) is 16.1. The Hall–Kier alpha value is -2.75. The van der Waals surface area contributed by atoms with E-state index in [1.165, 1.54) is 11.6 Å². The molecule has 0 aliphatic rings. The zero-order valence-corrected chi connectivity index (χ0v) is 14.3. The molecule has 2 aromatic carbocycles. The number of rotatable bonds is 4. The van der Waals surface area contributed by atoms with E-state index in [-0.39, 0.29) is 0 Å². The molecular formula is C20H20O4. The molecule has 4 nitrogen and oxygen atoms in total. The SMILES string of the molecule is COc1ccc2c(COc3c(C)cc(C)cc3C)cc(=O)oc2c1. The highest BCUT2D eigenvalue weighted by Gasteiger charge is 2.10. The van der Waals surface area contributed by atoms with Gasteiger partial charge < -0.3 is 13.9 Å². The molecule has 1 aromatic heterocycles. The molecule has 0 atom stereocenters. The van der Waals surface area contributed by atoms with Crippen LogP contribution in [0.2, 0.25) is 0 Å². The van der Waals surface area contributed by atoms with Crippen molar-refractivity contribution in [2.75, 3.05) is 7.11 Å². The van der Waals surface area contributed by atoms with Crippen molar-refractivity contribution in [2.45, 2.75) is 27.4 Å². The van der Waals surface area contributed by atoms with Crippen LogP contribution >= 0.6 is 0 Å². The maximum Gasteiger partial charge on any atom is 0.336 e. The normalized spacial score (nSPS) is 10.8. The molecule has 0 N–H and O–H groups in total. The molecule has 0 amide bonds. The highest BCUT2D eigenvalue weighted by Crippen LogP contribution is 2.27. The fourth-order valence-corrected chi connectivity index (χ4v) is 3.00. The Morgan fingerprint density at radius 2 is 1.71 bits per heavy atom. The average molecular weight is 324 g/mol. The molecule has 0 spiro atoms. The van der Waals surface area contributed by atoms with Gasteiger partial charge in [0.05, 0.1) is 7.11 Å². The molecule has 3 aromatic rings. The predicted molar refractivity (Wildman–Crippen MR) is 94.0 cm³/mol. The van der Waals surface area contributed by atoms with Crippen molar-refractivity contribution in [2.24, 2.45) is 0 Å². The molecule has 3 rings (SSSR count). The summed E-state index contributed by atoms with van der Waals surface area (Å²) in [5, 5.41) is 0.845. The highest BCUT2D eigenvalue weighted by molar-refractivity contribution is 5.81. The smallest absolute Gasteiger partial charge is 0.336 e. The number of ether oxygens (including phenoxy) is 2. The zero-order valence-electron chi connectivity index (χ0n) is 14.3. The monoisotopic (exact) mass is 324 g/mol. The Kier molecular flexibility index (Phi) is 4.30. The van der Waals surface area contributed by atoms with E-state index >= 15 is 0 Å². The van der Waals surface area contributed by atoms with Gasteiger partial charge >= 0.3 is 5.63 Å². The lowest BCUT2D eigenvalue weighted by molar-refractivity contribution is 0.302. The van der Waals surface area contributed by atoms with Gasteiger partial charge in [-0.05, 0) is 44.0 Å². The minimum Gasteiger partial charge on any atom is -0.497 e. The van der Waals surface area contributed by atoms with Crippen molar-refractivity contribution in [3.8, 4) is 11.5 Å². The van der Waals surface area contributed by atoms with E-state index in [1.54, 1.807) is 13.2 Å². The third-order valence-electron chi connectivity index (χ3n) is 4.01. The van der Waals surface area contributed by atoms with Gasteiger partial charge in [0, 0.05) is 23.1 Å². The van der Waals surface area contributed by atoms with Crippen molar-refractivity contribution in [1.82, 2.24) is 0 Å². The largest absolute Gasteiger partial charge is 0.497 e. The Balaban J connectivity index is 1.97. The third kappa shape index (κ3) is 3.13. The molecule has 0 aliphatic heterocycles. The van der Waals surface area contributed by atoms with E-state index in [1.807, 2.05) is 26.0 Å². The van der Waals surface area contributed by atoms with E-state index in [4.69, 9.17) is 13.9 Å². The first-order valence-electron chi connectivity index (χ1n) is 7.79. The lowest BCUT2D eigenvalue weighted by Crippen LogP contribution is -2.05. The fourth-order valence-electron chi connectivity index (χ4n) is 3.00. The molecule has 4 heteroatoms. The maximum absolute atomic E-state index is 11.8. The number of aryl methyl sites for hydroxylation is 3. The van der Waals surface area contributed by atoms with Gasteiger partial charge in [0.1, 0.15) is 23.7 Å². The van der Waals surface area contributed by atoms with Gasteiger partial charge in [-0.2, -0.15) is 0 Å². The number of benzene rings is 2. The first-order valence-corrected chi connectivity index (χ1v) is 7.79. The topological polar surface area (TPSA) is 48.7 Å². The van der Waals surface area contributed by atoms with Crippen molar-refractivity contribution in [3.05, 3.63) is 69.1 Å². The standard InChI is InChI=1S/C20H20O4/c1-12-7-13(2)20(14(3)8-12)23-11-15-9-19(21)24-18-10-16(22-4)5-6-17(15)18/h5-10H,11H2,1-4H3. The second-order valence-corrected chi connectivity index (χ2v) is 5.97. The third-order valence-corrected chi connectivity index (χ3v) is 4.01. The predicted octanol–water partition coefficient (Wildman–Crippen LogP) is 4.31. The van der Waals surface area contributed by atoms with Gasteiger partial charge in [-0.25, -0.2) is 4.79 Å². The lowest BCUT2D eigenvalue weighted by atomic mass is 10.1. The van der Waals surface area contributed by atoms with Gasteiger partial charge in [-0.1, -0.05) is 17.7 Å². The summed E-state index contributed by atoms with van der Waals surface area (Å²) in [7, 11) is 1.58. The van der Waals surface area contributed by atoms with Gasteiger partial charge in [-0.15, -0.1) is 0 Å². The van der Waals surface area contributed by atoms with Crippen LogP contribution in [0.3, 0.4) is 0 Å².